The van der Waals surface area contributed by atoms with E-state index < -0.39 is 0 Å². The second-order valence-electron chi connectivity index (χ2n) is 5.03. The van der Waals surface area contributed by atoms with Crippen molar-refractivity contribution in [2.75, 3.05) is 6.61 Å². The number of halogens is 2. The molecule has 1 aromatic carbocycles. The first-order valence-electron chi connectivity index (χ1n) is 5.84. The van der Waals surface area contributed by atoms with E-state index in [9.17, 15) is 0 Å². The van der Waals surface area contributed by atoms with Crippen LogP contribution in [0, 0.1) is 0 Å². The van der Waals surface area contributed by atoms with Crippen LogP contribution in [0.15, 0.2) is 34.3 Å². The molecule has 0 bridgehead atoms. The highest BCUT2D eigenvalue weighted by molar-refractivity contribution is 9.10. The summed E-state index contributed by atoms with van der Waals surface area (Å²) in [4.78, 5) is 0. The predicted molar refractivity (Wildman–Crippen MR) is 81.2 cm³/mol. The number of hydrogen-bond donors (Lipinski definition) is 1. The van der Waals surface area contributed by atoms with Crippen molar-refractivity contribution in [3.63, 3.8) is 0 Å². The first kappa shape index (κ1) is 15.5. The summed E-state index contributed by atoms with van der Waals surface area (Å²) in [5, 5.41) is 3.45. The number of hydrogen-bond acceptors (Lipinski definition) is 2. The first-order valence-corrected chi connectivity index (χ1v) is 7.07. The smallest absolute Gasteiger partial charge is 0.124 e. The van der Waals surface area contributed by atoms with Crippen LogP contribution < -0.4 is 10.1 Å². The van der Waals surface area contributed by atoms with E-state index in [4.69, 9.17) is 16.3 Å². The van der Waals surface area contributed by atoms with Gasteiger partial charge in [-0.25, -0.2) is 0 Å². The van der Waals surface area contributed by atoms with Crippen LogP contribution in [-0.2, 0) is 6.54 Å². The van der Waals surface area contributed by atoms with Gasteiger partial charge in [-0.3, -0.25) is 0 Å². The van der Waals surface area contributed by atoms with Crippen molar-refractivity contribution < 1.29 is 4.74 Å². The highest BCUT2D eigenvalue weighted by Gasteiger charge is 2.11. The molecule has 1 N–H and O–H groups in total. The number of nitrogens with one attached hydrogen (secondary N) is 1. The molecule has 0 saturated heterocycles. The maximum Gasteiger partial charge on any atom is 0.124 e. The Hall–Kier alpha value is -0.510. The predicted octanol–water partition coefficient (Wildman–Crippen LogP) is 4.47. The van der Waals surface area contributed by atoms with Crippen molar-refractivity contribution in [3.8, 4) is 5.75 Å². The zero-order valence-corrected chi connectivity index (χ0v) is 13.3. The van der Waals surface area contributed by atoms with Crippen LogP contribution in [0.2, 0.25) is 0 Å². The van der Waals surface area contributed by atoms with Crippen LogP contribution in [0.4, 0.5) is 0 Å². The van der Waals surface area contributed by atoms with E-state index in [1.165, 1.54) is 5.54 Å². The molecular weight excluding hydrogens is 314 g/mol. The molecule has 0 aliphatic carbocycles. The number of ether oxygens (including phenoxy) is 1. The van der Waals surface area contributed by atoms with Gasteiger partial charge in [0.15, 0.2) is 0 Å². The molecule has 2 nitrogen and oxygen atoms in total. The molecule has 18 heavy (non-hydrogen) atoms. The maximum absolute atomic E-state index is 5.67. The summed E-state index contributed by atoms with van der Waals surface area (Å²) in [5.74, 6) is 0.879. The van der Waals surface area contributed by atoms with E-state index >= 15 is 0 Å². The van der Waals surface area contributed by atoms with Crippen molar-refractivity contribution in [2.24, 2.45) is 0 Å². The Morgan fingerprint density at radius 1 is 1.39 bits per heavy atom. The van der Waals surface area contributed by atoms with Gasteiger partial charge in [-0.2, -0.15) is 0 Å². The van der Waals surface area contributed by atoms with Crippen molar-refractivity contribution in [1.29, 1.82) is 0 Å². The van der Waals surface area contributed by atoms with Gasteiger partial charge in [0.1, 0.15) is 12.4 Å². The van der Waals surface area contributed by atoms with E-state index in [0.717, 1.165) is 22.3 Å². The first-order chi connectivity index (χ1) is 8.42. The third kappa shape index (κ3) is 5.89. The van der Waals surface area contributed by atoms with Crippen LogP contribution >= 0.6 is 27.5 Å². The molecule has 0 spiro atoms. The van der Waals surface area contributed by atoms with Gasteiger partial charge < -0.3 is 10.1 Å². The Bertz CT molecular complexity index is 413. The fourth-order valence-corrected chi connectivity index (χ4v) is 1.84. The lowest BCUT2D eigenvalue weighted by molar-refractivity contribution is 0.352. The lowest BCUT2D eigenvalue weighted by Crippen LogP contribution is -2.35. The van der Waals surface area contributed by atoms with E-state index in [2.05, 4.69) is 48.1 Å². The van der Waals surface area contributed by atoms with Crippen LogP contribution in [0.5, 0.6) is 5.75 Å². The minimum atomic E-state index is 0.0790. The highest BCUT2D eigenvalue weighted by Crippen LogP contribution is 2.23. The molecule has 0 aliphatic rings. The molecule has 1 aromatic rings. The molecule has 0 unspecified atom stereocenters. The standard InChI is InChI=1S/C14H19BrClNO/c1-14(2,3)17-10-11-9-12(15)5-6-13(11)18-8-4-7-16/h4-7,9,17H,8,10H2,1-3H3. The Kier molecular flexibility index (Phi) is 6.19. The normalized spacial score (nSPS) is 12.1. The topological polar surface area (TPSA) is 21.3 Å². The largest absolute Gasteiger partial charge is 0.489 e. The fraction of sp³-hybridized carbons (Fsp3) is 0.429. The zero-order chi connectivity index (χ0) is 13.6. The van der Waals surface area contributed by atoms with Crippen LogP contribution in [0.25, 0.3) is 0 Å². The molecule has 0 aliphatic heterocycles. The van der Waals surface area contributed by atoms with E-state index in [0.29, 0.717) is 6.61 Å². The molecule has 100 valence electrons. The Balaban J connectivity index is 2.76. The van der Waals surface area contributed by atoms with Crippen molar-refractivity contribution >= 4 is 27.5 Å². The van der Waals surface area contributed by atoms with Crippen molar-refractivity contribution in [1.82, 2.24) is 5.32 Å². The summed E-state index contributed by atoms with van der Waals surface area (Å²) in [6, 6.07) is 6.00. The van der Waals surface area contributed by atoms with Gasteiger partial charge in [0, 0.05) is 27.7 Å². The highest BCUT2D eigenvalue weighted by atomic mass is 79.9. The maximum atomic E-state index is 5.67. The zero-order valence-electron chi connectivity index (χ0n) is 11.0. The molecule has 0 saturated carbocycles. The number of benzene rings is 1. The van der Waals surface area contributed by atoms with Gasteiger partial charge in [0.05, 0.1) is 0 Å². The van der Waals surface area contributed by atoms with Gasteiger partial charge in [-0.1, -0.05) is 27.5 Å². The summed E-state index contributed by atoms with van der Waals surface area (Å²) in [5.41, 5.74) is 2.67. The van der Waals surface area contributed by atoms with Gasteiger partial charge in [0.2, 0.25) is 0 Å². The molecule has 0 fully saturated rings. The second kappa shape index (κ2) is 7.17. The summed E-state index contributed by atoms with van der Waals surface area (Å²) >= 11 is 8.95. The Morgan fingerprint density at radius 2 is 2.11 bits per heavy atom. The summed E-state index contributed by atoms with van der Waals surface area (Å²) in [7, 11) is 0. The summed E-state index contributed by atoms with van der Waals surface area (Å²) in [6.45, 7) is 7.67. The van der Waals surface area contributed by atoms with Crippen molar-refractivity contribution in [3.05, 3.63) is 39.8 Å². The lowest BCUT2D eigenvalue weighted by atomic mass is 10.1. The van der Waals surface area contributed by atoms with Crippen LogP contribution in [0.1, 0.15) is 26.3 Å². The fourth-order valence-electron chi connectivity index (χ4n) is 1.36. The molecule has 4 heteroatoms. The Labute approximate surface area is 122 Å². The Morgan fingerprint density at radius 3 is 2.72 bits per heavy atom. The third-order valence-corrected chi connectivity index (χ3v) is 2.93. The molecule has 0 radical (unpaired) electrons. The van der Waals surface area contributed by atoms with E-state index in [1.807, 2.05) is 12.1 Å². The molecule has 0 aromatic heterocycles. The molecule has 0 heterocycles. The number of rotatable bonds is 5. The minimum absolute atomic E-state index is 0.0790. The molecule has 0 atom stereocenters. The lowest BCUT2D eigenvalue weighted by Gasteiger charge is -2.21. The van der Waals surface area contributed by atoms with E-state index in [1.54, 1.807) is 6.08 Å². The van der Waals surface area contributed by atoms with Gasteiger partial charge in [-0.05, 0) is 45.0 Å². The SMILES string of the molecule is CC(C)(C)NCc1cc(Br)ccc1OCC=CCl. The van der Waals surface area contributed by atoms with Gasteiger partial charge >= 0.3 is 0 Å². The third-order valence-electron chi connectivity index (χ3n) is 2.26. The minimum Gasteiger partial charge on any atom is -0.489 e. The van der Waals surface area contributed by atoms with E-state index in [-0.39, 0.29) is 5.54 Å². The summed E-state index contributed by atoms with van der Waals surface area (Å²) < 4.78 is 6.72. The molecular formula is C14H19BrClNO. The quantitative estimate of drug-likeness (QED) is 0.859. The van der Waals surface area contributed by atoms with Crippen LogP contribution in [0.3, 0.4) is 0 Å². The molecule has 0 amide bonds. The van der Waals surface area contributed by atoms with Crippen LogP contribution in [-0.4, -0.2) is 12.1 Å². The average Bonchev–Trinajstić information content (AvgIpc) is 2.28. The second-order valence-corrected chi connectivity index (χ2v) is 6.20. The van der Waals surface area contributed by atoms with Gasteiger partial charge in [-0.15, -0.1) is 0 Å². The summed E-state index contributed by atoms with van der Waals surface area (Å²) in [6.07, 6.45) is 1.77. The van der Waals surface area contributed by atoms with Crippen molar-refractivity contribution in [2.45, 2.75) is 32.9 Å². The molecule has 1 rings (SSSR count). The average molecular weight is 333 g/mol. The van der Waals surface area contributed by atoms with Gasteiger partial charge in [0.25, 0.3) is 0 Å². The monoisotopic (exact) mass is 331 g/mol.